The molecule has 0 aliphatic heterocycles. The number of aryl methyl sites for hydroxylation is 1. The number of hydrogen-bond donors (Lipinski definition) is 3. The quantitative estimate of drug-likeness (QED) is 0.575. The maximum atomic E-state index is 9.40. The van der Waals surface area contributed by atoms with Gasteiger partial charge in [-0.2, -0.15) is 4.57 Å². The second kappa shape index (κ2) is 3.62. The first-order valence-electron chi connectivity index (χ1n) is 4.16. The smallest absolute Gasteiger partial charge is 0.253 e. The Balaban J connectivity index is 3.41. The molecule has 0 amide bonds. The van der Waals surface area contributed by atoms with E-state index < -0.39 is 0 Å². The van der Waals surface area contributed by atoms with E-state index in [1.165, 1.54) is 6.07 Å². The molecule has 0 fully saturated rings. The first-order valence-corrected chi connectivity index (χ1v) is 4.16. The number of aromatic nitrogens is 1. The molecule has 0 bridgehead atoms. The van der Waals surface area contributed by atoms with E-state index in [9.17, 15) is 10.2 Å². The maximum Gasteiger partial charge on any atom is 0.253 e. The molecule has 0 aliphatic carbocycles. The summed E-state index contributed by atoms with van der Waals surface area (Å²) in [5.41, 5.74) is 1.15. The zero-order chi connectivity index (χ0) is 10.0. The van der Waals surface area contributed by atoms with Crippen LogP contribution in [-0.2, 0) is 13.2 Å². The van der Waals surface area contributed by atoms with E-state index in [-0.39, 0.29) is 18.1 Å². The van der Waals surface area contributed by atoms with Crippen molar-refractivity contribution in [2.45, 2.75) is 27.0 Å². The first-order chi connectivity index (χ1) is 6.11. The van der Waals surface area contributed by atoms with Crippen LogP contribution in [0.2, 0.25) is 0 Å². The third-order valence-electron chi connectivity index (χ3n) is 2.08. The van der Waals surface area contributed by atoms with Crippen LogP contribution in [0.5, 0.6) is 11.5 Å². The summed E-state index contributed by atoms with van der Waals surface area (Å²) in [5.74, 6) is -0.429. The van der Waals surface area contributed by atoms with Gasteiger partial charge in [0, 0.05) is 6.92 Å². The van der Waals surface area contributed by atoms with Gasteiger partial charge in [0.25, 0.3) is 5.69 Å². The molecule has 1 heterocycles. The van der Waals surface area contributed by atoms with Crippen molar-refractivity contribution in [3.05, 3.63) is 17.5 Å². The highest BCUT2D eigenvalue weighted by molar-refractivity contribution is 5.38. The van der Waals surface area contributed by atoms with Gasteiger partial charge in [-0.05, 0) is 6.92 Å². The Hall–Kier alpha value is -1.29. The molecule has 0 saturated carbocycles. The lowest BCUT2D eigenvalue weighted by atomic mass is 10.2. The number of pyridine rings is 1. The molecule has 3 N–H and O–H groups in total. The summed E-state index contributed by atoms with van der Waals surface area (Å²) >= 11 is 0. The van der Waals surface area contributed by atoms with E-state index in [4.69, 9.17) is 5.11 Å². The van der Waals surface area contributed by atoms with Crippen molar-refractivity contribution >= 4 is 0 Å². The number of aliphatic hydroxyl groups excluding tert-OH is 1. The molecule has 4 nitrogen and oxygen atoms in total. The van der Waals surface area contributed by atoms with E-state index in [2.05, 4.69) is 0 Å². The van der Waals surface area contributed by atoms with Crippen LogP contribution < -0.4 is 4.57 Å². The molecule has 1 aromatic rings. The average molecular weight is 184 g/mol. The van der Waals surface area contributed by atoms with Crippen molar-refractivity contribution in [1.82, 2.24) is 0 Å². The van der Waals surface area contributed by atoms with Gasteiger partial charge in [-0.1, -0.05) is 0 Å². The molecular weight excluding hydrogens is 170 g/mol. The van der Waals surface area contributed by atoms with E-state index in [1.807, 2.05) is 13.8 Å². The van der Waals surface area contributed by atoms with Crippen LogP contribution in [0, 0.1) is 6.92 Å². The fourth-order valence-corrected chi connectivity index (χ4v) is 1.43. The highest BCUT2D eigenvalue weighted by atomic mass is 16.3. The van der Waals surface area contributed by atoms with Gasteiger partial charge >= 0.3 is 0 Å². The average Bonchev–Trinajstić information content (AvgIpc) is 2.10. The highest BCUT2D eigenvalue weighted by Crippen LogP contribution is 2.26. The molecule has 1 rings (SSSR count). The summed E-state index contributed by atoms with van der Waals surface area (Å²) in [5, 5.41) is 27.6. The van der Waals surface area contributed by atoms with Gasteiger partial charge in [0.05, 0.1) is 6.07 Å². The van der Waals surface area contributed by atoms with Crippen molar-refractivity contribution < 1.29 is 19.9 Å². The monoisotopic (exact) mass is 184 g/mol. The van der Waals surface area contributed by atoms with Gasteiger partial charge in [-0.25, -0.2) is 0 Å². The van der Waals surface area contributed by atoms with Crippen LogP contribution in [0.3, 0.4) is 0 Å². The van der Waals surface area contributed by atoms with Gasteiger partial charge in [0.2, 0.25) is 5.75 Å². The molecule has 0 spiro atoms. The van der Waals surface area contributed by atoms with Crippen molar-refractivity contribution in [3.63, 3.8) is 0 Å². The normalized spacial score (nSPS) is 10.4. The fraction of sp³-hybridized carbons (Fsp3) is 0.444. The van der Waals surface area contributed by atoms with Crippen LogP contribution in [0.1, 0.15) is 18.3 Å². The fourth-order valence-electron chi connectivity index (χ4n) is 1.43. The lowest BCUT2D eigenvalue weighted by Crippen LogP contribution is -2.40. The first kappa shape index (κ1) is 9.80. The lowest BCUT2D eigenvalue weighted by Gasteiger charge is -2.05. The largest absolute Gasteiger partial charge is 0.504 e. The molecule has 0 aliphatic rings. The lowest BCUT2D eigenvalue weighted by molar-refractivity contribution is -0.708. The van der Waals surface area contributed by atoms with Crippen LogP contribution in [0.4, 0.5) is 0 Å². The summed E-state index contributed by atoms with van der Waals surface area (Å²) in [7, 11) is 0. The minimum Gasteiger partial charge on any atom is -0.504 e. The molecule has 0 atom stereocenters. The summed E-state index contributed by atoms with van der Waals surface area (Å²) in [6.07, 6.45) is 0. The predicted octanol–water partition coefficient (Wildman–Crippen LogP) is 0.206. The van der Waals surface area contributed by atoms with E-state index in [0.717, 1.165) is 5.69 Å². The van der Waals surface area contributed by atoms with Crippen LogP contribution >= 0.6 is 0 Å². The van der Waals surface area contributed by atoms with Crippen molar-refractivity contribution in [3.8, 4) is 11.5 Å². The third kappa shape index (κ3) is 1.58. The topological polar surface area (TPSA) is 64.6 Å². The molecule has 13 heavy (non-hydrogen) atoms. The number of hydrogen-bond acceptors (Lipinski definition) is 3. The number of rotatable bonds is 2. The maximum absolute atomic E-state index is 9.40. The Morgan fingerprint density at radius 3 is 2.46 bits per heavy atom. The summed E-state index contributed by atoms with van der Waals surface area (Å²) < 4.78 is 1.75. The standard InChI is InChI=1S/C9H13NO3/c1-3-10-6(2)4-8(12)9(13)7(10)5-11/h4,11,13H,3,5H2,1-2H3/p+1. The molecule has 72 valence electrons. The van der Waals surface area contributed by atoms with E-state index in [1.54, 1.807) is 4.57 Å². The van der Waals surface area contributed by atoms with Crippen molar-refractivity contribution in [2.75, 3.05) is 0 Å². The van der Waals surface area contributed by atoms with Crippen LogP contribution in [-0.4, -0.2) is 15.3 Å². The molecular formula is C9H14NO3+. The van der Waals surface area contributed by atoms with Gasteiger partial charge in [-0.15, -0.1) is 0 Å². The molecule has 0 radical (unpaired) electrons. The summed E-state index contributed by atoms with van der Waals surface area (Å²) in [6, 6.07) is 1.47. The summed E-state index contributed by atoms with van der Waals surface area (Å²) in [6.45, 7) is 4.08. The van der Waals surface area contributed by atoms with Crippen molar-refractivity contribution in [1.29, 1.82) is 0 Å². The van der Waals surface area contributed by atoms with Crippen molar-refractivity contribution in [2.24, 2.45) is 0 Å². The molecule has 0 unspecified atom stereocenters. The SMILES string of the molecule is CC[n+]1c(C)cc(O)c(O)c1CO. The second-order valence-corrected chi connectivity index (χ2v) is 2.87. The van der Waals surface area contributed by atoms with Gasteiger partial charge in [0.1, 0.15) is 13.2 Å². The zero-order valence-electron chi connectivity index (χ0n) is 7.78. The number of nitrogens with zero attached hydrogens (tertiary/aromatic N) is 1. The second-order valence-electron chi connectivity index (χ2n) is 2.87. The summed E-state index contributed by atoms with van der Waals surface area (Å²) in [4.78, 5) is 0. The van der Waals surface area contributed by atoms with E-state index in [0.29, 0.717) is 12.2 Å². The minimum atomic E-state index is -0.283. The Kier molecular flexibility index (Phi) is 2.72. The Bertz CT molecular complexity index is 323. The molecule has 4 heteroatoms. The molecule has 1 aromatic heterocycles. The van der Waals surface area contributed by atoms with Crippen LogP contribution in [0.25, 0.3) is 0 Å². The zero-order valence-corrected chi connectivity index (χ0v) is 7.78. The molecule has 0 aromatic carbocycles. The number of aliphatic hydroxyl groups is 1. The van der Waals surface area contributed by atoms with Gasteiger partial charge in [0.15, 0.2) is 11.4 Å². The Labute approximate surface area is 76.7 Å². The van der Waals surface area contributed by atoms with Gasteiger partial charge in [-0.3, -0.25) is 0 Å². The highest BCUT2D eigenvalue weighted by Gasteiger charge is 2.20. The van der Waals surface area contributed by atoms with Gasteiger partial charge < -0.3 is 15.3 Å². The predicted molar refractivity (Wildman–Crippen MR) is 46.3 cm³/mol. The Morgan fingerprint density at radius 2 is 2.00 bits per heavy atom. The number of aromatic hydroxyl groups is 2. The van der Waals surface area contributed by atoms with E-state index >= 15 is 0 Å². The molecule has 0 saturated heterocycles. The Morgan fingerprint density at radius 1 is 1.38 bits per heavy atom. The van der Waals surface area contributed by atoms with Crippen LogP contribution in [0.15, 0.2) is 6.07 Å². The minimum absolute atomic E-state index is 0.189. The third-order valence-corrected chi connectivity index (χ3v) is 2.08.